The fourth-order valence-corrected chi connectivity index (χ4v) is 1.62. The molecule has 1 amide bonds. The maximum atomic E-state index is 11.7. The lowest BCUT2D eigenvalue weighted by Crippen LogP contribution is -2.34. The molecule has 1 aromatic carbocycles. The van der Waals surface area contributed by atoms with Crippen LogP contribution in [0.2, 0.25) is 0 Å². The van der Waals surface area contributed by atoms with Gasteiger partial charge in [-0.3, -0.25) is 4.79 Å². The smallest absolute Gasteiger partial charge is 0.397 e. The Hall–Kier alpha value is -1.84. The maximum Gasteiger partial charge on any atom is 0.397 e. The molecular weight excluding hydrogens is 230 g/mol. The highest BCUT2D eigenvalue weighted by atomic mass is 16.5. The molecular formula is C14H19NO3. The number of hydrogen-bond donors (Lipinski definition) is 0. The average molecular weight is 249 g/mol. The number of ether oxygens (including phenoxy) is 1. The van der Waals surface area contributed by atoms with Crippen LogP contribution in [0.25, 0.3) is 0 Å². The van der Waals surface area contributed by atoms with E-state index >= 15 is 0 Å². The van der Waals surface area contributed by atoms with Gasteiger partial charge in [0.1, 0.15) is 0 Å². The summed E-state index contributed by atoms with van der Waals surface area (Å²) in [5, 5.41) is 0. The Morgan fingerprint density at radius 3 is 2.28 bits per heavy atom. The second kappa shape index (κ2) is 6.79. The molecule has 0 N–H and O–H groups in total. The zero-order valence-electron chi connectivity index (χ0n) is 11.1. The normalized spacial score (nSPS) is 9.94. The van der Waals surface area contributed by atoms with E-state index in [9.17, 15) is 9.59 Å². The van der Waals surface area contributed by atoms with Crippen LogP contribution in [-0.2, 0) is 20.7 Å². The highest BCUT2D eigenvalue weighted by molar-refractivity contribution is 6.37. The Morgan fingerprint density at radius 2 is 1.78 bits per heavy atom. The first-order valence-corrected chi connectivity index (χ1v) is 6.13. The van der Waals surface area contributed by atoms with Crippen LogP contribution in [0.1, 0.15) is 25.8 Å². The highest BCUT2D eigenvalue weighted by Gasteiger charge is 2.20. The average Bonchev–Trinajstić information content (AvgIpc) is 2.38. The number of amides is 1. The van der Waals surface area contributed by atoms with Gasteiger partial charge in [-0.05, 0) is 31.0 Å². The Labute approximate surface area is 108 Å². The van der Waals surface area contributed by atoms with E-state index in [0.29, 0.717) is 5.69 Å². The first-order valence-electron chi connectivity index (χ1n) is 6.13. The number of carbonyl (C=O) groups excluding carboxylic acids is 2. The molecule has 0 aromatic heterocycles. The molecule has 0 aliphatic heterocycles. The minimum absolute atomic E-state index is 0.202. The molecule has 0 saturated heterocycles. The predicted molar refractivity (Wildman–Crippen MR) is 70.5 cm³/mol. The Balaban J connectivity index is 2.74. The van der Waals surface area contributed by atoms with Crippen LogP contribution in [0, 0.1) is 0 Å². The van der Waals surface area contributed by atoms with Crippen molar-refractivity contribution in [2.24, 2.45) is 0 Å². The van der Waals surface area contributed by atoms with Crippen molar-refractivity contribution in [1.29, 1.82) is 0 Å². The number of aryl methyl sites for hydroxylation is 1. The van der Waals surface area contributed by atoms with E-state index in [0.717, 1.165) is 12.8 Å². The lowest BCUT2D eigenvalue weighted by Gasteiger charge is -2.16. The van der Waals surface area contributed by atoms with Gasteiger partial charge < -0.3 is 9.64 Å². The third-order valence-electron chi connectivity index (χ3n) is 2.62. The first kappa shape index (κ1) is 14.2. The number of nitrogens with zero attached hydrogens (tertiary/aromatic N) is 1. The number of esters is 1. The van der Waals surface area contributed by atoms with Gasteiger partial charge in [0.15, 0.2) is 0 Å². The Bertz CT molecular complexity index is 412. The lowest BCUT2D eigenvalue weighted by atomic mass is 10.1. The third kappa shape index (κ3) is 3.58. The molecule has 0 heterocycles. The van der Waals surface area contributed by atoms with Crippen LogP contribution in [0.5, 0.6) is 0 Å². The second-order valence-corrected chi connectivity index (χ2v) is 4.00. The fraction of sp³-hybridized carbons (Fsp3) is 0.429. The molecule has 0 aliphatic rings. The summed E-state index contributed by atoms with van der Waals surface area (Å²) in [5.74, 6) is -1.47. The second-order valence-electron chi connectivity index (χ2n) is 4.00. The molecule has 98 valence electrons. The first-order chi connectivity index (χ1) is 8.60. The summed E-state index contributed by atoms with van der Waals surface area (Å²) >= 11 is 0. The largest absolute Gasteiger partial charge is 0.459 e. The van der Waals surface area contributed by atoms with Gasteiger partial charge in [-0.2, -0.15) is 0 Å². The molecule has 1 rings (SSSR count). The minimum Gasteiger partial charge on any atom is -0.459 e. The predicted octanol–water partition coefficient (Wildman–Crippen LogP) is 2.17. The number of anilines is 1. The van der Waals surface area contributed by atoms with E-state index < -0.39 is 11.9 Å². The topological polar surface area (TPSA) is 46.6 Å². The van der Waals surface area contributed by atoms with Gasteiger partial charge in [-0.1, -0.05) is 25.5 Å². The molecule has 0 spiro atoms. The molecule has 0 unspecified atom stereocenters. The van der Waals surface area contributed by atoms with Gasteiger partial charge in [-0.25, -0.2) is 4.79 Å². The van der Waals surface area contributed by atoms with Crippen LogP contribution in [-0.4, -0.2) is 25.5 Å². The zero-order chi connectivity index (χ0) is 13.5. The van der Waals surface area contributed by atoms with Crippen LogP contribution in [0.3, 0.4) is 0 Å². The fourth-order valence-electron chi connectivity index (χ4n) is 1.62. The van der Waals surface area contributed by atoms with Gasteiger partial charge in [0, 0.05) is 12.7 Å². The quantitative estimate of drug-likeness (QED) is 0.607. The SMILES string of the molecule is CCCc1ccc(N(C)C(=O)C(=O)OCC)cc1. The van der Waals surface area contributed by atoms with Crippen molar-refractivity contribution in [3.05, 3.63) is 29.8 Å². The molecule has 0 atom stereocenters. The van der Waals surface area contributed by atoms with Crippen molar-refractivity contribution in [3.8, 4) is 0 Å². The van der Waals surface area contributed by atoms with Gasteiger partial charge in [0.2, 0.25) is 0 Å². The molecule has 0 bridgehead atoms. The summed E-state index contributed by atoms with van der Waals surface area (Å²) in [4.78, 5) is 24.3. The summed E-state index contributed by atoms with van der Waals surface area (Å²) in [6.07, 6.45) is 2.09. The Morgan fingerprint density at radius 1 is 1.17 bits per heavy atom. The van der Waals surface area contributed by atoms with Crippen molar-refractivity contribution < 1.29 is 14.3 Å². The van der Waals surface area contributed by atoms with E-state index in [1.54, 1.807) is 14.0 Å². The van der Waals surface area contributed by atoms with Crippen molar-refractivity contribution in [1.82, 2.24) is 0 Å². The van der Waals surface area contributed by atoms with E-state index in [-0.39, 0.29) is 6.61 Å². The van der Waals surface area contributed by atoms with Crippen LogP contribution < -0.4 is 4.90 Å². The molecule has 0 saturated carbocycles. The van der Waals surface area contributed by atoms with Gasteiger partial charge in [-0.15, -0.1) is 0 Å². The third-order valence-corrected chi connectivity index (χ3v) is 2.62. The van der Waals surface area contributed by atoms with Crippen molar-refractivity contribution >= 4 is 17.6 Å². The minimum atomic E-state index is -0.822. The number of hydrogen-bond acceptors (Lipinski definition) is 3. The van der Waals surface area contributed by atoms with Crippen molar-refractivity contribution in [2.75, 3.05) is 18.6 Å². The molecule has 4 nitrogen and oxygen atoms in total. The summed E-state index contributed by atoms with van der Waals surface area (Å²) in [6, 6.07) is 7.60. The highest BCUT2D eigenvalue weighted by Crippen LogP contribution is 2.15. The monoisotopic (exact) mass is 249 g/mol. The standard InChI is InChI=1S/C14H19NO3/c1-4-6-11-7-9-12(10-8-11)15(3)13(16)14(17)18-5-2/h7-10H,4-6H2,1-3H3. The van der Waals surface area contributed by atoms with Gasteiger partial charge >= 0.3 is 11.9 Å². The molecule has 18 heavy (non-hydrogen) atoms. The number of likely N-dealkylation sites (N-methyl/N-ethyl adjacent to an activating group) is 1. The summed E-state index contributed by atoms with van der Waals surface area (Å²) in [7, 11) is 1.56. The van der Waals surface area contributed by atoms with E-state index in [2.05, 4.69) is 11.7 Å². The van der Waals surface area contributed by atoms with E-state index in [1.807, 2.05) is 24.3 Å². The zero-order valence-corrected chi connectivity index (χ0v) is 11.1. The van der Waals surface area contributed by atoms with E-state index in [1.165, 1.54) is 10.5 Å². The van der Waals surface area contributed by atoms with Crippen LogP contribution >= 0.6 is 0 Å². The van der Waals surface area contributed by atoms with E-state index in [4.69, 9.17) is 0 Å². The molecule has 0 aliphatic carbocycles. The lowest BCUT2D eigenvalue weighted by molar-refractivity contribution is -0.153. The van der Waals surface area contributed by atoms with Crippen LogP contribution in [0.15, 0.2) is 24.3 Å². The van der Waals surface area contributed by atoms with Gasteiger partial charge in [0.05, 0.1) is 6.61 Å². The molecule has 4 heteroatoms. The Kier molecular flexibility index (Phi) is 5.36. The summed E-state index contributed by atoms with van der Waals surface area (Å²) in [5.41, 5.74) is 1.91. The number of carbonyl (C=O) groups is 2. The summed E-state index contributed by atoms with van der Waals surface area (Å²) in [6.45, 7) is 3.99. The van der Waals surface area contributed by atoms with Crippen molar-refractivity contribution in [3.63, 3.8) is 0 Å². The summed E-state index contributed by atoms with van der Waals surface area (Å²) < 4.78 is 4.68. The number of benzene rings is 1. The number of rotatable bonds is 4. The van der Waals surface area contributed by atoms with Crippen molar-refractivity contribution in [2.45, 2.75) is 26.7 Å². The molecule has 0 fully saturated rings. The maximum absolute atomic E-state index is 11.7. The van der Waals surface area contributed by atoms with Crippen LogP contribution in [0.4, 0.5) is 5.69 Å². The molecule has 0 radical (unpaired) electrons. The van der Waals surface area contributed by atoms with Gasteiger partial charge in [0.25, 0.3) is 0 Å². The molecule has 1 aromatic rings.